The number of furan rings is 2. The Morgan fingerprint density at radius 1 is 0.917 bits per heavy atom. The molecule has 0 aliphatic rings. The van der Waals surface area contributed by atoms with E-state index in [1.54, 1.807) is 18.8 Å². The first kappa shape index (κ1) is 5.89. The molecule has 0 aliphatic heterocycles. The summed E-state index contributed by atoms with van der Waals surface area (Å²) in [6, 6.07) is 5.89. The molecule has 0 atom stereocenters. The molecule has 3 rings (SSSR count). The minimum Gasteiger partial charge on any atom is -0.471 e. The smallest absolute Gasteiger partial charge is 0.134 e. The van der Waals surface area contributed by atoms with Crippen molar-refractivity contribution >= 4 is 21.7 Å². The standard InChI is InChI=1S/C10H6O2/c1-2-10-8(3-4-12-10)9-6-11-5-7(1)9/h1-6H. The van der Waals surface area contributed by atoms with Gasteiger partial charge in [-0.05, 0) is 18.2 Å². The van der Waals surface area contributed by atoms with E-state index in [-0.39, 0.29) is 0 Å². The summed E-state index contributed by atoms with van der Waals surface area (Å²) in [4.78, 5) is 0. The van der Waals surface area contributed by atoms with Crippen LogP contribution >= 0.6 is 0 Å². The van der Waals surface area contributed by atoms with Gasteiger partial charge in [0.25, 0.3) is 0 Å². The second-order valence-corrected chi connectivity index (χ2v) is 2.77. The Bertz CT molecular complexity index is 481. The van der Waals surface area contributed by atoms with Crippen molar-refractivity contribution < 1.29 is 8.83 Å². The van der Waals surface area contributed by atoms with Crippen LogP contribution in [0.25, 0.3) is 21.7 Å². The Labute approximate surface area is 68.4 Å². The fourth-order valence-corrected chi connectivity index (χ4v) is 1.49. The molecule has 12 heavy (non-hydrogen) atoms. The molecule has 2 heteroatoms. The average molecular weight is 158 g/mol. The molecule has 0 bridgehead atoms. The number of hydrogen-bond acceptors (Lipinski definition) is 2. The summed E-state index contributed by atoms with van der Waals surface area (Å²) < 4.78 is 10.4. The second kappa shape index (κ2) is 1.91. The van der Waals surface area contributed by atoms with Gasteiger partial charge in [-0.15, -0.1) is 0 Å². The Kier molecular flexibility index (Phi) is 0.939. The van der Waals surface area contributed by atoms with Gasteiger partial charge in [-0.2, -0.15) is 0 Å². The van der Waals surface area contributed by atoms with E-state index < -0.39 is 0 Å². The van der Waals surface area contributed by atoms with Crippen molar-refractivity contribution in [1.29, 1.82) is 0 Å². The molecule has 3 aromatic rings. The van der Waals surface area contributed by atoms with Crippen molar-refractivity contribution in [3.63, 3.8) is 0 Å². The van der Waals surface area contributed by atoms with E-state index in [0.717, 1.165) is 21.7 Å². The molecule has 0 spiro atoms. The van der Waals surface area contributed by atoms with Crippen molar-refractivity contribution in [2.24, 2.45) is 0 Å². The van der Waals surface area contributed by atoms with Crippen molar-refractivity contribution in [1.82, 2.24) is 0 Å². The molecule has 0 amide bonds. The molecule has 1 aromatic carbocycles. The number of fused-ring (bicyclic) bond motifs is 3. The van der Waals surface area contributed by atoms with Gasteiger partial charge in [0.15, 0.2) is 0 Å². The predicted octanol–water partition coefficient (Wildman–Crippen LogP) is 3.18. The highest BCUT2D eigenvalue weighted by molar-refractivity contribution is 6.04. The summed E-state index contributed by atoms with van der Waals surface area (Å²) >= 11 is 0. The van der Waals surface area contributed by atoms with Gasteiger partial charge in [0.05, 0.1) is 18.8 Å². The van der Waals surface area contributed by atoms with Gasteiger partial charge in [0, 0.05) is 16.2 Å². The zero-order chi connectivity index (χ0) is 7.97. The Morgan fingerprint density at radius 2 is 1.92 bits per heavy atom. The van der Waals surface area contributed by atoms with Crippen LogP contribution in [0.2, 0.25) is 0 Å². The minimum absolute atomic E-state index is 0.906. The Morgan fingerprint density at radius 3 is 2.92 bits per heavy atom. The van der Waals surface area contributed by atoms with Crippen molar-refractivity contribution in [2.75, 3.05) is 0 Å². The normalized spacial score (nSPS) is 11.3. The number of rotatable bonds is 0. The van der Waals surface area contributed by atoms with Crippen LogP contribution in [0.5, 0.6) is 0 Å². The topological polar surface area (TPSA) is 26.3 Å². The Balaban J connectivity index is 2.71. The third-order valence-corrected chi connectivity index (χ3v) is 2.09. The van der Waals surface area contributed by atoms with E-state index in [1.165, 1.54) is 0 Å². The zero-order valence-electron chi connectivity index (χ0n) is 6.28. The molecular formula is C10H6O2. The molecule has 0 unspecified atom stereocenters. The van der Waals surface area contributed by atoms with Crippen LogP contribution in [0, 0.1) is 0 Å². The third-order valence-electron chi connectivity index (χ3n) is 2.09. The van der Waals surface area contributed by atoms with Crippen LogP contribution in [0.3, 0.4) is 0 Å². The molecule has 0 N–H and O–H groups in total. The molecular weight excluding hydrogens is 152 g/mol. The number of hydrogen-bond donors (Lipinski definition) is 0. The summed E-state index contributed by atoms with van der Waals surface area (Å²) in [6.45, 7) is 0. The van der Waals surface area contributed by atoms with Crippen LogP contribution in [0.15, 0.2) is 45.8 Å². The maximum Gasteiger partial charge on any atom is 0.134 e. The van der Waals surface area contributed by atoms with E-state index in [2.05, 4.69) is 0 Å². The monoisotopic (exact) mass is 158 g/mol. The van der Waals surface area contributed by atoms with E-state index in [1.807, 2.05) is 18.2 Å². The lowest BCUT2D eigenvalue weighted by molar-refractivity contribution is 0.572. The molecule has 2 nitrogen and oxygen atoms in total. The fourth-order valence-electron chi connectivity index (χ4n) is 1.49. The first-order valence-electron chi connectivity index (χ1n) is 3.77. The lowest BCUT2D eigenvalue weighted by Gasteiger charge is -1.88. The highest BCUT2D eigenvalue weighted by Crippen LogP contribution is 2.26. The summed E-state index contributed by atoms with van der Waals surface area (Å²) in [5.74, 6) is 0. The molecule has 58 valence electrons. The quantitative estimate of drug-likeness (QED) is 0.502. The second-order valence-electron chi connectivity index (χ2n) is 2.77. The van der Waals surface area contributed by atoms with Crippen molar-refractivity contribution in [3.05, 3.63) is 37.0 Å². The average Bonchev–Trinajstić information content (AvgIpc) is 2.71. The van der Waals surface area contributed by atoms with Gasteiger partial charge < -0.3 is 8.83 Å². The molecule has 0 saturated carbocycles. The van der Waals surface area contributed by atoms with Crippen LogP contribution in [0.4, 0.5) is 0 Å². The predicted molar refractivity (Wildman–Crippen MR) is 46.0 cm³/mol. The highest BCUT2D eigenvalue weighted by Gasteiger charge is 2.02. The van der Waals surface area contributed by atoms with Crippen LogP contribution in [-0.4, -0.2) is 0 Å². The van der Waals surface area contributed by atoms with E-state index in [9.17, 15) is 0 Å². The fraction of sp³-hybridized carbons (Fsp3) is 0. The molecule has 0 aliphatic carbocycles. The molecule has 0 fully saturated rings. The molecule has 0 saturated heterocycles. The van der Waals surface area contributed by atoms with Crippen molar-refractivity contribution in [2.45, 2.75) is 0 Å². The van der Waals surface area contributed by atoms with Crippen LogP contribution in [0.1, 0.15) is 0 Å². The van der Waals surface area contributed by atoms with Gasteiger partial charge >= 0.3 is 0 Å². The first-order valence-corrected chi connectivity index (χ1v) is 3.77. The van der Waals surface area contributed by atoms with Crippen LogP contribution in [-0.2, 0) is 0 Å². The maximum atomic E-state index is 5.25. The molecule has 0 radical (unpaired) electrons. The molecule has 2 aromatic heterocycles. The van der Waals surface area contributed by atoms with Gasteiger partial charge in [0.1, 0.15) is 5.58 Å². The maximum absolute atomic E-state index is 5.25. The van der Waals surface area contributed by atoms with E-state index in [4.69, 9.17) is 8.83 Å². The summed E-state index contributed by atoms with van der Waals surface area (Å²) in [7, 11) is 0. The number of benzene rings is 1. The van der Waals surface area contributed by atoms with E-state index >= 15 is 0 Å². The van der Waals surface area contributed by atoms with Gasteiger partial charge in [-0.1, -0.05) is 0 Å². The minimum atomic E-state index is 0.906. The lowest BCUT2D eigenvalue weighted by Crippen LogP contribution is -1.64. The van der Waals surface area contributed by atoms with Crippen LogP contribution < -0.4 is 0 Å². The summed E-state index contributed by atoms with van der Waals surface area (Å²) in [5, 5.41) is 3.34. The van der Waals surface area contributed by atoms with Gasteiger partial charge in [0.2, 0.25) is 0 Å². The summed E-state index contributed by atoms with van der Waals surface area (Å²) in [5.41, 5.74) is 0.906. The SMILES string of the molecule is c1cc2c(ccc3cocc32)o1. The van der Waals surface area contributed by atoms with Crippen molar-refractivity contribution in [3.8, 4) is 0 Å². The van der Waals surface area contributed by atoms with Gasteiger partial charge in [-0.25, -0.2) is 0 Å². The third kappa shape index (κ3) is 0.593. The highest BCUT2D eigenvalue weighted by atomic mass is 16.3. The lowest BCUT2D eigenvalue weighted by atomic mass is 10.1. The Hall–Kier alpha value is -1.70. The van der Waals surface area contributed by atoms with Gasteiger partial charge in [-0.3, -0.25) is 0 Å². The first-order chi connectivity index (χ1) is 5.95. The van der Waals surface area contributed by atoms with E-state index in [0.29, 0.717) is 0 Å². The molecule has 2 heterocycles. The zero-order valence-corrected chi connectivity index (χ0v) is 6.28. The summed E-state index contributed by atoms with van der Waals surface area (Å²) in [6.07, 6.45) is 5.17. The largest absolute Gasteiger partial charge is 0.471 e.